The number of aliphatic hydroxyl groups excluding tert-OH is 1. The Balaban J connectivity index is 1.52. The van der Waals surface area contributed by atoms with Gasteiger partial charge in [0.2, 0.25) is 0 Å². The molecule has 0 fully saturated rings. The van der Waals surface area contributed by atoms with E-state index in [4.69, 9.17) is 9.47 Å². The lowest BCUT2D eigenvalue weighted by Crippen LogP contribution is -2.35. The molecule has 0 radical (unpaired) electrons. The number of fused-ring (bicyclic) bond motifs is 1. The highest BCUT2D eigenvalue weighted by Gasteiger charge is 2.35. The smallest absolute Gasteiger partial charge is 0.309 e. The molecule has 190 valence electrons. The molecule has 0 saturated heterocycles. The molecule has 35 heavy (non-hydrogen) atoms. The summed E-state index contributed by atoms with van der Waals surface area (Å²) >= 11 is 0. The summed E-state index contributed by atoms with van der Waals surface area (Å²) < 4.78 is 13.4. The maximum Gasteiger partial charge on any atom is 0.309 e. The summed E-state index contributed by atoms with van der Waals surface area (Å²) in [6, 6.07) is 18.3. The summed E-state index contributed by atoms with van der Waals surface area (Å²) in [6.45, 7) is 12.8. The predicted molar refractivity (Wildman–Crippen MR) is 142 cm³/mol. The minimum atomic E-state index is -0.887. The molecule has 0 aliphatic carbocycles. The van der Waals surface area contributed by atoms with Crippen LogP contribution >= 0.6 is 0 Å². The van der Waals surface area contributed by atoms with E-state index in [1.54, 1.807) is 0 Å². The maximum absolute atomic E-state index is 12.7. The molecule has 1 aromatic heterocycles. The van der Waals surface area contributed by atoms with Crippen LogP contribution in [-0.4, -0.2) is 35.0 Å². The number of carbonyl (C=O) groups excluding carboxylic acids is 1. The van der Waals surface area contributed by atoms with Gasteiger partial charge < -0.3 is 19.1 Å². The Morgan fingerprint density at radius 1 is 1.00 bits per heavy atom. The SMILES string of the molecule is CC(C)CC(C(C)C(=O)OCC(O)COc1ccc(-c2cc3ccccc3n2C)cc1)C(C)(C)C. The van der Waals surface area contributed by atoms with Crippen LogP contribution < -0.4 is 4.74 Å². The van der Waals surface area contributed by atoms with E-state index >= 15 is 0 Å². The lowest BCUT2D eigenvalue weighted by molar-refractivity contribution is -0.155. The van der Waals surface area contributed by atoms with E-state index in [1.807, 2.05) is 43.3 Å². The number of nitrogens with zero attached hydrogens (tertiary/aromatic N) is 1. The van der Waals surface area contributed by atoms with Gasteiger partial charge in [0.15, 0.2) is 0 Å². The summed E-state index contributed by atoms with van der Waals surface area (Å²) in [7, 11) is 2.06. The molecule has 5 nitrogen and oxygen atoms in total. The lowest BCUT2D eigenvalue weighted by atomic mass is 9.70. The maximum atomic E-state index is 12.7. The molecule has 5 heteroatoms. The molecule has 3 atom stereocenters. The highest BCUT2D eigenvalue weighted by Crippen LogP contribution is 2.37. The molecule has 0 bridgehead atoms. The largest absolute Gasteiger partial charge is 0.491 e. The van der Waals surface area contributed by atoms with Crippen molar-refractivity contribution >= 4 is 16.9 Å². The fourth-order valence-electron chi connectivity index (χ4n) is 4.82. The third-order valence-electron chi connectivity index (χ3n) is 6.78. The standard InChI is InChI=1S/C30H41NO4/c1-20(2)16-26(30(4,5)6)21(3)29(33)35-19-24(32)18-34-25-14-12-22(13-15-25)28-17-23-10-8-9-11-27(23)31(28)7/h8-15,17,20-21,24,26,32H,16,18-19H2,1-7H3. The average molecular weight is 480 g/mol. The molecular weight excluding hydrogens is 438 g/mol. The molecule has 0 spiro atoms. The molecule has 2 aromatic carbocycles. The highest BCUT2D eigenvalue weighted by atomic mass is 16.5. The number of aliphatic hydroxyl groups is 1. The van der Waals surface area contributed by atoms with E-state index < -0.39 is 6.10 Å². The van der Waals surface area contributed by atoms with Crippen molar-refractivity contribution in [2.24, 2.45) is 30.2 Å². The highest BCUT2D eigenvalue weighted by molar-refractivity contribution is 5.86. The lowest BCUT2D eigenvalue weighted by Gasteiger charge is -2.35. The Kier molecular flexibility index (Phi) is 8.65. The van der Waals surface area contributed by atoms with Crippen LogP contribution in [0, 0.1) is 23.2 Å². The first-order valence-corrected chi connectivity index (χ1v) is 12.6. The van der Waals surface area contributed by atoms with E-state index in [0.717, 1.165) is 17.7 Å². The summed E-state index contributed by atoms with van der Waals surface area (Å²) in [5.74, 6) is 0.886. The predicted octanol–water partition coefficient (Wildman–Crippen LogP) is 6.47. The number of rotatable bonds is 10. The second kappa shape index (κ2) is 11.3. The van der Waals surface area contributed by atoms with Gasteiger partial charge in [-0.3, -0.25) is 4.79 Å². The van der Waals surface area contributed by atoms with Gasteiger partial charge in [-0.05, 0) is 65.6 Å². The molecule has 3 aromatic rings. The Morgan fingerprint density at radius 3 is 2.26 bits per heavy atom. The van der Waals surface area contributed by atoms with E-state index in [0.29, 0.717) is 11.7 Å². The second-order valence-corrected chi connectivity index (χ2v) is 11.2. The molecule has 3 unspecified atom stereocenters. The van der Waals surface area contributed by atoms with Crippen LogP contribution in [0.25, 0.3) is 22.2 Å². The fourth-order valence-corrected chi connectivity index (χ4v) is 4.82. The van der Waals surface area contributed by atoms with E-state index in [1.165, 1.54) is 10.9 Å². The van der Waals surface area contributed by atoms with Gasteiger partial charge in [0.05, 0.1) is 5.92 Å². The van der Waals surface area contributed by atoms with Crippen LogP contribution in [0.4, 0.5) is 0 Å². The molecule has 0 amide bonds. The zero-order valence-corrected chi connectivity index (χ0v) is 22.2. The first-order chi connectivity index (χ1) is 16.5. The number of aryl methyl sites for hydroxylation is 1. The molecule has 0 aliphatic heterocycles. The Bertz CT molecular complexity index is 1110. The fraction of sp³-hybridized carbons (Fsp3) is 0.500. The van der Waals surface area contributed by atoms with Crippen molar-refractivity contribution in [3.8, 4) is 17.0 Å². The number of carbonyl (C=O) groups is 1. The Labute approximate surface area is 210 Å². The third kappa shape index (κ3) is 6.88. The number of benzene rings is 2. The van der Waals surface area contributed by atoms with Crippen LogP contribution in [-0.2, 0) is 16.6 Å². The molecular formula is C30H41NO4. The van der Waals surface area contributed by atoms with Crippen LogP contribution in [0.2, 0.25) is 0 Å². The van der Waals surface area contributed by atoms with Crippen LogP contribution in [0.3, 0.4) is 0 Å². The van der Waals surface area contributed by atoms with E-state index in [-0.39, 0.29) is 36.4 Å². The summed E-state index contributed by atoms with van der Waals surface area (Å²) in [6.07, 6.45) is 0.0717. The number of hydrogen-bond donors (Lipinski definition) is 1. The first-order valence-electron chi connectivity index (χ1n) is 12.6. The average Bonchev–Trinajstić information content (AvgIpc) is 3.15. The first kappa shape index (κ1) is 26.8. The van der Waals surface area contributed by atoms with Crippen molar-refractivity contribution in [1.82, 2.24) is 4.57 Å². The summed E-state index contributed by atoms with van der Waals surface area (Å²) in [5.41, 5.74) is 3.41. The number of esters is 1. The summed E-state index contributed by atoms with van der Waals surface area (Å²) in [4.78, 5) is 12.7. The minimum absolute atomic E-state index is 0.00271. The van der Waals surface area contributed by atoms with Crippen molar-refractivity contribution in [1.29, 1.82) is 0 Å². The van der Waals surface area contributed by atoms with Gasteiger partial charge in [-0.15, -0.1) is 0 Å². The van der Waals surface area contributed by atoms with Crippen molar-refractivity contribution in [2.45, 2.75) is 54.1 Å². The Morgan fingerprint density at radius 2 is 1.66 bits per heavy atom. The zero-order chi connectivity index (χ0) is 25.8. The van der Waals surface area contributed by atoms with Crippen LogP contribution in [0.5, 0.6) is 5.75 Å². The van der Waals surface area contributed by atoms with E-state index in [2.05, 4.69) is 64.4 Å². The van der Waals surface area contributed by atoms with Crippen molar-refractivity contribution < 1.29 is 19.4 Å². The zero-order valence-electron chi connectivity index (χ0n) is 22.2. The van der Waals surface area contributed by atoms with Gasteiger partial charge in [-0.25, -0.2) is 0 Å². The van der Waals surface area contributed by atoms with Gasteiger partial charge in [-0.2, -0.15) is 0 Å². The van der Waals surface area contributed by atoms with Crippen molar-refractivity contribution in [2.75, 3.05) is 13.2 Å². The van der Waals surface area contributed by atoms with Crippen LogP contribution in [0.1, 0.15) is 48.0 Å². The quantitative estimate of drug-likeness (QED) is 0.338. The topological polar surface area (TPSA) is 60.7 Å². The van der Waals surface area contributed by atoms with Crippen molar-refractivity contribution in [3.63, 3.8) is 0 Å². The molecule has 0 aliphatic rings. The molecule has 3 rings (SSSR count). The normalized spacial score (nSPS) is 14.7. The van der Waals surface area contributed by atoms with Gasteiger partial charge in [0, 0.05) is 23.6 Å². The third-order valence-corrected chi connectivity index (χ3v) is 6.78. The monoisotopic (exact) mass is 479 g/mol. The minimum Gasteiger partial charge on any atom is -0.491 e. The van der Waals surface area contributed by atoms with Gasteiger partial charge in [-0.1, -0.05) is 59.7 Å². The Hall–Kier alpha value is -2.79. The van der Waals surface area contributed by atoms with E-state index in [9.17, 15) is 9.90 Å². The van der Waals surface area contributed by atoms with Crippen LogP contribution in [0.15, 0.2) is 54.6 Å². The van der Waals surface area contributed by atoms with Crippen molar-refractivity contribution in [3.05, 3.63) is 54.6 Å². The molecule has 0 saturated carbocycles. The summed E-state index contributed by atoms with van der Waals surface area (Å²) in [5, 5.41) is 11.5. The number of aromatic nitrogens is 1. The van der Waals surface area contributed by atoms with Gasteiger partial charge >= 0.3 is 5.97 Å². The number of para-hydroxylation sites is 1. The molecule has 1 heterocycles. The number of ether oxygens (including phenoxy) is 2. The van der Waals surface area contributed by atoms with Gasteiger partial charge in [0.25, 0.3) is 0 Å². The molecule has 1 N–H and O–H groups in total. The second-order valence-electron chi connectivity index (χ2n) is 11.2. The van der Waals surface area contributed by atoms with Gasteiger partial charge in [0.1, 0.15) is 25.1 Å². The number of hydrogen-bond acceptors (Lipinski definition) is 4.